The van der Waals surface area contributed by atoms with Gasteiger partial charge >= 0.3 is 0 Å². The summed E-state index contributed by atoms with van der Waals surface area (Å²) in [5.74, 6) is 0.0204. The zero-order valence-corrected chi connectivity index (χ0v) is 11.0. The van der Waals surface area contributed by atoms with Crippen molar-refractivity contribution in [3.8, 4) is 0 Å². The summed E-state index contributed by atoms with van der Waals surface area (Å²) in [4.78, 5) is 27.4. The molecule has 2 unspecified atom stereocenters. The topological polar surface area (TPSA) is 72.9 Å². The number of nitrogens with zero attached hydrogens (tertiary/aromatic N) is 2. The molecule has 2 saturated heterocycles. The van der Waals surface area contributed by atoms with Crippen molar-refractivity contribution in [2.24, 2.45) is 0 Å². The molecule has 19 heavy (non-hydrogen) atoms. The quantitative estimate of drug-likeness (QED) is 0.665. The maximum atomic E-state index is 12.2. The maximum absolute atomic E-state index is 12.2. The van der Waals surface area contributed by atoms with Crippen LogP contribution in [0.25, 0.3) is 0 Å². The highest BCUT2D eigenvalue weighted by Crippen LogP contribution is 2.23. The molecule has 0 spiro atoms. The summed E-state index contributed by atoms with van der Waals surface area (Å²) in [6, 6.07) is 0.267. The summed E-state index contributed by atoms with van der Waals surface area (Å²) < 4.78 is 0. The number of nitrogens with one attached hydrogen (secondary N) is 1. The number of amides is 2. The Labute approximate surface area is 112 Å². The standard InChI is InChI=1S/C13H21N3O3/c17-10(6-14-9-3-4-9)7-15-8-12(18)16-5-1-2-11(16)13(15)19/h9-11,14,17H,1-8H2. The van der Waals surface area contributed by atoms with Gasteiger partial charge in [0.1, 0.15) is 6.04 Å². The van der Waals surface area contributed by atoms with Crippen LogP contribution in [0.1, 0.15) is 25.7 Å². The van der Waals surface area contributed by atoms with Crippen LogP contribution in [0, 0.1) is 0 Å². The third-order valence-corrected chi connectivity index (χ3v) is 4.15. The van der Waals surface area contributed by atoms with Gasteiger partial charge in [0, 0.05) is 25.7 Å². The van der Waals surface area contributed by atoms with E-state index in [0.717, 1.165) is 12.8 Å². The second kappa shape index (κ2) is 5.09. The van der Waals surface area contributed by atoms with Crippen molar-refractivity contribution < 1.29 is 14.7 Å². The van der Waals surface area contributed by atoms with Crippen molar-refractivity contribution in [1.82, 2.24) is 15.1 Å². The van der Waals surface area contributed by atoms with Crippen molar-refractivity contribution in [1.29, 1.82) is 0 Å². The Hall–Kier alpha value is -1.14. The lowest BCUT2D eigenvalue weighted by atomic mass is 10.1. The highest BCUT2D eigenvalue weighted by Gasteiger charge is 2.42. The summed E-state index contributed by atoms with van der Waals surface area (Å²) in [7, 11) is 0. The molecule has 3 fully saturated rings. The normalized spacial score (nSPS) is 28.8. The zero-order chi connectivity index (χ0) is 13.4. The first-order valence-corrected chi connectivity index (χ1v) is 7.15. The molecule has 0 bridgehead atoms. The van der Waals surface area contributed by atoms with Gasteiger partial charge in [-0.2, -0.15) is 0 Å². The van der Waals surface area contributed by atoms with Gasteiger partial charge in [0.2, 0.25) is 11.8 Å². The van der Waals surface area contributed by atoms with Crippen molar-refractivity contribution in [3.05, 3.63) is 0 Å². The molecule has 0 radical (unpaired) electrons. The number of rotatable bonds is 5. The molecule has 3 rings (SSSR count). The van der Waals surface area contributed by atoms with Crippen LogP contribution in [0.2, 0.25) is 0 Å². The molecular formula is C13H21N3O3. The second-order valence-corrected chi connectivity index (χ2v) is 5.80. The third-order valence-electron chi connectivity index (χ3n) is 4.15. The van der Waals surface area contributed by atoms with E-state index in [4.69, 9.17) is 0 Å². The number of carbonyl (C=O) groups excluding carboxylic acids is 2. The molecule has 3 aliphatic rings. The van der Waals surface area contributed by atoms with Gasteiger partial charge < -0.3 is 20.2 Å². The van der Waals surface area contributed by atoms with Gasteiger partial charge in [-0.15, -0.1) is 0 Å². The molecule has 0 aromatic rings. The van der Waals surface area contributed by atoms with Crippen LogP contribution < -0.4 is 5.32 Å². The van der Waals surface area contributed by atoms with Gasteiger partial charge in [-0.3, -0.25) is 9.59 Å². The summed E-state index contributed by atoms with van der Waals surface area (Å²) in [5.41, 5.74) is 0. The Morgan fingerprint density at radius 1 is 1.32 bits per heavy atom. The van der Waals surface area contributed by atoms with E-state index in [-0.39, 0.29) is 30.9 Å². The van der Waals surface area contributed by atoms with Crippen LogP contribution in [-0.2, 0) is 9.59 Å². The van der Waals surface area contributed by atoms with E-state index in [1.807, 2.05) is 0 Å². The Balaban J connectivity index is 1.54. The summed E-state index contributed by atoms with van der Waals surface area (Å²) >= 11 is 0. The van der Waals surface area contributed by atoms with Crippen LogP contribution in [0.5, 0.6) is 0 Å². The first-order valence-electron chi connectivity index (χ1n) is 7.15. The lowest BCUT2D eigenvalue weighted by Gasteiger charge is -2.37. The van der Waals surface area contributed by atoms with Crippen LogP contribution in [0.4, 0.5) is 0 Å². The second-order valence-electron chi connectivity index (χ2n) is 5.80. The largest absolute Gasteiger partial charge is 0.390 e. The summed E-state index contributed by atoms with van der Waals surface area (Å²) in [6.07, 6.45) is 3.42. The monoisotopic (exact) mass is 267 g/mol. The lowest BCUT2D eigenvalue weighted by molar-refractivity contribution is -0.154. The average Bonchev–Trinajstić information content (AvgIpc) is 3.07. The van der Waals surface area contributed by atoms with Crippen molar-refractivity contribution >= 4 is 11.8 Å². The Morgan fingerprint density at radius 2 is 2.11 bits per heavy atom. The molecule has 6 heteroatoms. The van der Waals surface area contributed by atoms with Crippen LogP contribution in [0.3, 0.4) is 0 Å². The van der Waals surface area contributed by atoms with Gasteiger partial charge in [-0.25, -0.2) is 0 Å². The molecule has 0 aromatic carbocycles. The predicted molar refractivity (Wildman–Crippen MR) is 68.3 cm³/mol. The fraction of sp³-hybridized carbons (Fsp3) is 0.846. The Kier molecular flexibility index (Phi) is 3.45. The van der Waals surface area contributed by atoms with E-state index in [0.29, 0.717) is 19.1 Å². The van der Waals surface area contributed by atoms with Crippen molar-refractivity contribution in [2.45, 2.75) is 43.9 Å². The number of piperazine rings is 1. The van der Waals surface area contributed by atoms with Gasteiger partial charge in [-0.05, 0) is 25.7 Å². The molecule has 2 heterocycles. The molecule has 6 nitrogen and oxygen atoms in total. The van der Waals surface area contributed by atoms with E-state index in [1.165, 1.54) is 17.7 Å². The van der Waals surface area contributed by atoms with Gasteiger partial charge in [0.25, 0.3) is 0 Å². The maximum Gasteiger partial charge on any atom is 0.245 e. The number of aliphatic hydroxyl groups excluding tert-OH is 1. The fourth-order valence-electron chi connectivity index (χ4n) is 2.93. The van der Waals surface area contributed by atoms with E-state index in [1.54, 1.807) is 4.90 Å². The molecule has 2 amide bonds. The van der Waals surface area contributed by atoms with Crippen LogP contribution in [-0.4, -0.2) is 71.1 Å². The van der Waals surface area contributed by atoms with Crippen LogP contribution in [0.15, 0.2) is 0 Å². The Bertz CT molecular complexity index is 383. The number of aliphatic hydroxyl groups is 1. The van der Waals surface area contributed by atoms with E-state index >= 15 is 0 Å². The van der Waals surface area contributed by atoms with E-state index in [9.17, 15) is 14.7 Å². The minimum absolute atomic E-state index is 0.00238. The molecule has 106 valence electrons. The fourth-order valence-corrected chi connectivity index (χ4v) is 2.93. The SMILES string of the molecule is O=C1C2CCCN2C(=O)CN1CC(O)CNC1CC1. The summed E-state index contributed by atoms with van der Waals surface area (Å²) in [6.45, 7) is 1.58. The summed E-state index contributed by atoms with van der Waals surface area (Å²) in [5, 5.41) is 13.2. The molecule has 2 N–H and O–H groups in total. The highest BCUT2D eigenvalue weighted by molar-refractivity contribution is 5.95. The molecular weight excluding hydrogens is 246 g/mol. The minimum Gasteiger partial charge on any atom is -0.390 e. The molecule has 2 atom stereocenters. The molecule has 1 aliphatic carbocycles. The molecule has 0 aromatic heterocycles. The minimum atomic E-state index is -0.592. The van der Waals surface area contributed by atoms with Gasteiger partial charge in [0.05, 0.1) is 12.6 Å². The number of hydrogen-bond donors (Lipinski definition) is 2. The van der Waals surface area contributed by atoms with Crippen molar-refractivity contribution in [3.63, 3.8) is 0 Å². The number of fused-ring (bicyclic) bond motifs is 1. The van der Waals surface area contributed by atoms with E-state index < -0.39 is 6.10 Å². The Morgan fingerprint density at radius 3 is 2.84 bits per heavy atom. The smallest absolute Gasteiger partial charge is 0.245 e. The number of hydrogen-bond acceptors (Lipinski definition) is 4. The molecule has 2 aliphatic heterocycles. The molecule has 1 saturated carbocycles. The third kappa shape index (κ3) is 2.74. The number of carbonyl (C=O) groups is 2. The zero-order valence-electron chi connectivity index (χ0n) is 11.0. The predicted octanol–water partition coefficient (Wildman–Crippen LogP) is -1.07. The van der Waals surface area contributed by atoms with E-state index in [2.05, 4.69) is 5.32 Å². The first-order chi connectivity index (χ1) is 9.15. The lowest BCUT2D eigenvalue weighted by Crippen LogP contribution is -2.59. The first kappa shape index (κ1) is 12.9. The highest BCUT2D eigenvalue weighted by atomic mass is 16.3. The van der Waals surface area contributed by atoms with Gasteiger partial charge in [0.15, 0.2) is 0 Å². The van der Waals surface area contributed by atoms with Crippen molar-refractivity contribution in [2.75, 3.05) is 26.2 Å². The van der Waals surface area contributed by atoms with Crippen LogP contribution >= 0.6 is 0 Å². The van der Waals surface area contributed by atoms with Gasteiger partial charge in [-0.1, -0.05) is 0 Å². The average molecular weight is 267 g/mol. The number of β-amino-alcohol motifs (C(OH)–C–C–N with tert-alkyl or cyclic N) is 1.